The zero-order valence-electron chi connectivity index (χ0n) is 12.1. The van der Waals surface area contributed by atoms with Crippen molar-refractivity contribution in [2.75, 3.05) is 6.54 Å². The Morgan fingerprint density at radius 3 is 2.89 bits per heavy atom. The first-order valence-corrected chi connectivity index (χ1v) is 6.80. The van der Waals surface area contributed by atoms with Crippen molar-refractivity contribution in [1.82, 2.24) is 20.1 Å². The van der Waals surface area contributed by atoms with Gasteiger partial charge >= 0.3 is 0 Å². The van der Waals surface area contributed by atoms with E-state index in [9.17, 15) is 0 Å². The van der Waals surface area contributed by atoms with Crippen LogP contribution < -0.4 is 5.32 Å². The highest BCUT2D eigenvalue weighted by molar-refractivity contribution is 5.51. The van der Waals surface area contributed by atoms with Crippen LogP contribution in [0, 0.1) is 12.8 Å². The summed E-state index contributed by atoms with van der Waals surface area (Å²) in [7, 11) is 0. The molecular weight excluding hydrogens is 240 g/mol. The lowest BCUT2D eigenvalue weighted by atomic mass is 10.2. The SMILES string of the molecule is CCn1nc(C)cc1-c1cnc(CNCC(C)C)o1. The molecule has 0 spiro atoms. The van der Waals surface area contributed by atoms with Crippen molar-refractivity contribution in [2.24, 2.45) is 5.92 Å². The van der Waals surface area contributed by atoms with Gasteiger partial charge in [0.2, 0.25) is 5.89 Å². The quantitative estimate of drug-likeness (QED) is 0.869. The molecule has 0 unspecified atom stereocenters. The largest absolute Gasteiger partial charge is 0.438 e. The molecule has 104 valence electrons. The molecule has 2 rings (SSSR count). The van der Waals surface area contributed by atoms with Gasteiger partial charge in [-0.2, -0.15) is 5.10 Å². The second-order valence-corrected chi connectivity index (χ2v) is 5.13. The molecule has 0 aliphatic heterocycles. The highest BCUT2D eigenvalue weighted by Gasteiger charge is 2.12. The van der Waals surface area contributed by atoms with Gasteiger partial charge in [0.1, 0.15) is 5.69 Å². The van der Waals surface area contributed by atoms with E-state index in [0.717, 1.165) is 36.1 Å². The molecule has 0 atom stereocenters. The summed E-state index contributed by atoms with van der Waals surface area (Å²) in [6, 6.07) is 2.02. The molecule has 2 heterocycles. The normalized spacial score (nSPS) is 11.4. The summed E-state index contributed by atoms with van der Waals surface area (Å²) in [5, 5.41) is 7.73. The van der Waals surface area contributed by atoms with Crippen molar-refractivity contribution in [1.29, 1.82) is 0 Å². The second-order valence-electron chi connectivity index (χ2n) is 5.13. The third-order valence-corrected chi connectivity index (χ3v) is 2.84. The zero-order valence-corrected chi connectivity index (χ0v) is 12.1. The van der Waals surface area contributed by atoms with Gasteiger partial charge in [-0.05, 0) is 32.4 Å². The van der Waals surface area contributed by atoms with Gasteiger partial charge in [-0.25, -0.2) is 4.98 Å². The van der Waals surface area contributed by atoms with E-state index in [1.165, 1.54) is 0 Å². The number of hydrogen-bond acceptors (Lipinski definition) is 4. The first kappa shape index (κ1) is 13.8. The van der Waals surface area contributed by atoms with Crippen molar-refractivity contribution < 1.29 is 4.42 Å². The Balaban J connectivity index is 2.07. The van der Waals surface area contributed by atoms with Crippen LogP contribution in [0.15, 0.2) is 16.7 Å². The van der Waals surface area contributed by atoms with Crippen LogP contribution >= 0.6 is 0 Å². The molecule has 19 heavy (non-hydrogen) atoms. The first-order chi connectivity index (χ1) is 9.10. The standard InChI is InChI=1S/C14H22N4O/c1-5-18-12(6-11(4)17-18)13-8-16-14(19-13)9-15-7-10(2)3/h6,8,10,15H,5,7,9H2,1-4H3. The highest BCUT2D eigenvalue weighted by atomic mass is 16.4. The maximum absolute atomic E-state index is 5.77. The van der Waals surface area contributed by atoms with Crippen LogP contribution in [0.3, 0.4) is 0 Å². The lowest BCUT2D eigenvalue weighted by Crippen LogP contribution is -2.19. The number of aromatic nitrogens is 3. The molecule has 0 bridgehead atoms. The predicted octanol–water partition coefficient (Wildman–Crippen LogP) is 2.61. The van der Waals surface area contributed by atoms with Crippen LogP contribution in [-0.4, -0.2) is 21.3 Å². The lowest BCUT2D eigenvalue weighted by molar-refractivity contribution is 0.456. The number of rotatable bonds is 6. The topological polar surface area (TPSA) is 55.9 Å². The van der Waals surface area contributed by atoms with Gasteiger partial charge in [0.25, 0.3) is 0 Å². The maximum Gasteiger partial charge on any atom is 0.208 e. The molecule has 5 nitrogen and oxygen atoms in total. The number of nitrogens with zero attached hydrogens (tertiary/aromatic N) is 3. The van der Waals surface area contributed by atoms with Crippen LogP contribution in [0.2, 0.25) is 0 Å². The van der Waals surface area contributed by atoms with Gasteiger partial charge in [-0.3, -0.25) is 4.68 Å². The Kier molecular flexibility index (Phi) is 4.37. The van der Waals surface area contributed by atoms with Crippen LogP contribution in [0.1, 0.15) is 32.4 Å². The second kappa shape index (κ2) is 6.02. The monoisotopic (exact) mass is 262 g/mol. The van der Waals surface area contributed by atoms with Gasteiger partial charge in [-0.15, -0.1) is 0 Å². The fraction of sp³-hybridized carbons (Fsp3) is 0.571. The summed E-state index contributed by atoms with van der Waals surface area (Å²) >= 11 is 0. The Labute approximate surface area is 114 Å². The molecule has 0 saturated heterocycles. The number of hydrogen-bond donors (Lipinski definition) is 1. The molecule has 0 saturated carbocycles. The number of aryl methyl sites for hydroxylation is 2. The van der Waals surface area contributed by atoms with Crippen molar-refractivity contribution in [2.45, 2.75) is 40.8 Å². The minimum Gasteiger partial charge on any atom is -0.438 e. The van der Waals surface area contributed by atoms with E-state index in [-0.39, 0.29) is 0 Å². The van der Waals surface area contributed by atoms with Gasteiger partial charge in [0.05, 0.1) is 18.4 Å². The molecule has 0 aliphatic rings. The molecule has 0 amide bonds. The summed E-state index contributed by atoms with van der Waals surface area (Å²) < 4.78 is 7.70. The highest BCUT2D eigenvalue weighted by Crippen LogP contribution is 2.21. The Morgan fingerprint density at radius 2 is 2.21 bits per heavy atom. The zero-order chi connectivity index (χ0) is 13.8. The predicted molar refractivity (Wildman–Crippen MR) is 74.7 cm³/mol. The molecule has 0 radical (unpaired) electrons. The smallest absolute Gasteiger partial charge is 0.208 e. The van der Waals surface area contributed by atoms with E-state index < -0.39 is 0 Å². The molecule has 0 fully saturated rings. The average molecular weight is 262 g/mol. The Hall–Kier alpha value is -1.62. The van der Waals surface area contributed by atoms with E-state index in [4.69, 9.17) is 4.42 Å². The molecule has 2 aromatic rings. The maximum atomic E-state index is 5.77. The summed E-state index contributed by atoms with van der Waals surface area (Å²) in [6.45, 7) is 10.9. The van der Waals surface area contributed by atoms with Gasteiger partial charge < -0.3 is 9.73 Å². The van der Waals surface area contributed by atoms with Crippen molar-refractivity contribution in [3.8, 4) is 11.5 Å². The van der Waals surface area contributed by atoms with Crippen LogP contribution in [0.25, 0.3) is 11.5 Å². The van der Waals surface area contributed by atoms with E-state index >= 15 is 0 Å². The molecule has 0 aliphatic carbocycles. The van der Waals surface area contributed by atoms with Gasteiger partial charge in [0, 0.05) is 6.54 Å². The average Bonchev–Trinajstić information content (AvgIpc) is 2.94. The third kappa shape index (κ3) is 3.44. The Bertz CT molecular complexity index is 527. The van der Waals surface area contributed by atoms with E-state index in [1.807, 2.05) is 17.7 Å². The fourth-order valence-corrected chi connectivity index (χ4v) is 1.96. The number of nitrogens with one attached hydrogen (secondary N) is 1. The summed E-state index contributed by atoms with van der Waals surface area (Å²) in [6.07, 6.45) is 1.77. The Morgan fingerprint density at radius 1 is 1.42 bits per heavy atom. The molecular formula is C14H22N4O. The lowest BCUT2D eigenvalue weighted by Gasteiger charge is -2.04. The molecule has 1 N–H and O–H groups in total. The van der Waals surface area contributed by atoms with E-state index in [2.05, 4.69) is 36.2 Å². The van der Waals surface area contributed by atoms with Crippen LogP contribution in [-0.2, 0) is 13.1 Å². The van der Waals surface area contributed by atoms with Crippen molar-refractivity contribution in [3.63, 3.8) is 0 Å². The summed E-state index contributed by atoms with van der Waals surface area (Å²) in [5.41, 5.74) is 1.98. The van der Waals surface area contributed by atoms with E-state index in [0.29, 0.717) is 12.5 Å². The fourth-order valence-electron chi connectivity index (χ4n) is 1.96. The molecule has 5 heteroatoms. The van der Waals surface area contributed by atoms with Crippen LogP contribution in [0.4, 0.5) is 0 Å². The number of oxazole rings is 1. The van der Waals surface area contributed by atoms with Crippen molar-refractivity contribution >= 4 is 0 Å². The summed E-state index contributed by atoms with van der Waals surface area (Å²) in [5.74, 6) is 2.12. The molecule has 0 aromatic carbocycles. The first-order valence-electron chi connectivity index (χ1n) is 6.80. The van der Waals surface area contributed by atoms with Gasteiger partial charge in [0.15, 0.2) is 5.76 Å². The van der Waals surface area contributed by atoms with Crippen LogP contribution in [0.5, 0.6) is 0 Å². The van der Waals surface area contributed by atoms with Crippen molar-refractivity contribution in [3.05, 3.63) is 23.8 Å². The van der Waals surface area contributed by atoms with E-state index in [1.54, 1.807) is 6.20 Å². The summed E-state index contributed by atoms with van der Waals surface area (Å²) in [4.78, 5) is 4.30. The minimum atomic E-state index is 0.624. The third-order valence-electron chi connectivity index (χ3n) is 2.84. The molecule has 2 aromatic heterocycles. The minimum absolute atomic E-state index is 0.624. The van der Waals surface area contributed by atoms with Gasteiger partial charge in [-0.1, -0.05) is 13.8 Å².